The van der Waals surface area contributed by atoms with Gasteiger partial charge in [-0.3, -0.25) is 14.4 Å². The zero-order chi connectivity index (χ0) is 26.9. The lowest BCUT2D eigenvalue weighted by Crippen LogP contribution is -2.29. The smallest absolute Gasteiger partial charge is 0.336 e. The molecule has 192 valence electrons. The van der Waals surface area contributed by atoms with Crippen LogP contribution in [0.25, 0.3) is 11.3 Å². The minimum Gasteiger partial charge on any atom is -0.478 e. The van der Waals surface area contributed by atoms with Gasteiger partial charge in [-0.25, -0.2) is 9.17 Å². The second kappa shape index (κ2) is 10.4. The molecule has 0 aliphatic heterocycles. The molecule has 13 heteroatoms. The Labute approximate surface area is 224 Å². The topological polar surface area (TPSA) is 136 Å². The number of Topliss-reactive ketones (excluding diaryl/α,β-unsaturated/α-hetero) is 1. The summed E-state index contributed by atoms with van der Waals surface area (Å²) in [5.41, 5.74) is -1.15. The second-order valence-electron chi connectivity index (χ2n) is 9.15. The Balaban J connectivity index is 1.78. The first kappa shape index (κ1) is 26.5. The fourth-order valence-electron chi connectivity index (χ4n) is 3.40. The number of nitrogens with one attached hydrogen (secondary N) is 1. The number of thiophene rings is 1. The maximum atomic E-state index is 13.2. The van der Waals surface area contributed by atoms with E-state index in [9.17, 15) is 24.3 Å². The number of carboxylic acids is 1. The molecule has 0 saturated carbocycles. The Kier molecular flexibility index (Phi) is 7.44. The highest BCUT2D eigenvalue weighted by molar-refractivity contribution is 7.16. The maximum Gasteiger partial charge on any atom is 0.336 e. The van der Waals surface area contributed by atoms with Crippen LogP contribution in [0.5, 0.6) is 0 Å². The Morgan fingerprint density at radius 3 is 2.54 bits per heavy atom. The van der Waals surface area contributed by atoms with Crippen molar-refractivity contribution in [1.82, 2.24) is 18.7 Å². The SMILES string of the molecule is CC(C)(C)C(=O)n1nc(-c2cn(CC(=O)c3cnsc3)c(=O)cc2C(=O)O)cc1NCc1ccc(Cl)s1. The summed E-state index contributed by atoms with van der Waals surface area (Å²) >= 11 is 8.51. The number of anilines is 1. The fourth-order valence-corrected chi connectivity index (χ4v) is 4.97. The van der Waals surface area contributed by atoms with Gasteiger partial charge in [0.05, 0.1) is 40.4 Å². The van der Waals surface area contributed by atoms with E-state index in [-0.39, 0.29) is 35.1 Å². The first-order valence-corrected chi connectivity index (χ1v) is 13.0. The molecular weight excluding hydrogens is 538 g/mol. The van der Waals surface area contributed by atoms with Gasteiger partial charge in [0.2, 0.25) is 0 Å². The van der Waals surface area contributed by atoms with Crippen molar-refractivity contribution in [3.63, 3.8) is 0 Å². The van der Waals surface area contributed by atoms with Crippen LogP contribution >= 0.6 is 34.5 Å². The summed E-state index contributed by atoms with van der Waals surface area (Å²) in [6.07, 6.45) is 2.68. The first-order valence-electron chi connectivity index (χ1n) is 11.0. The van der Waals surface area contributed by atoms with Crippen LogP contribution in [0.3, 0.4) is 0 Å². The zero-order valence-corrected chi connectivity index (χ0v) is 22.4. The van der Waals surface area contributed by atoms with Crippen LogP contribution < -0.4 is 10.9 Å². The first-order chi connectivity index (χ1) is 17.4. The molecule has 4 heterocycles. The van der Waals surface area contributed by atoms with Gasteiger partial charge in [-0.1, -0.05) is 32.4 Å². The quantitative estimate of drug-likeness (QED) is 0.295. The Morgan fingerprint density at radius 1 is 1.19 bits per heavy atom. The number of pyridine rings is 1. The summed E-state index contributed by atoms with van der Waals surface area (Å²) in [6, 6.07) is 6.11. The van der Waals surface area contributed by atoms with Crippen molar-refractivity contribution < 1.29 is 19.5 Å². The number of halogens is 1. The van der Waals surface area contributed by atoms with E-state index in [0.717, 1.165) is 27.0 Å². The van der Waals surface area contributed by atoms with Crippen LogP contribution in [0.1, 0.15) is 51.2 Å². The van der Waals surface area contributed by atoms with E-state index < -0.39 is 16.9 Å². The third-order valence-electron chi connectivity index (χ3n) is 5.32. The minimum absolute atomic E-state index is 0.0889. The molecule has 10 nitrogen and oxygen atoms in total. The highest BCUT2D eigenvalue weighted by Crippen LogP contribution is 2.29. The third kappa shape index (κ3) is 5.87. The Morgan fingerprint density at radius 2 is 1.95 bits per heavy atom. The van der Waals surface area contributed by atoms with Crippen molar-refractivity contribution in [1.29, 1.82) is 0 Å². The highest BCUT2D eigenvalue weighted by Gasteiger charge is 2.28. The van der Waals surface area contributed by atoms with Gasteiger partial charge in [0.15, 0.2) is 5.78 Å². The second-order valence-corrected chi connectivity index (χ2v) is 11.6. The van der Waals surface area contributed by atoms with Crippen molar-refractivity contribution in [3.05, 3.63) is 72.7 Å². The summed E-state index contributed by atoms with van der Waals surface area (Å²) in [7, 11) is 0. The van der Waals surface area contributed by atoms with Crippen LogP contribution in [-0.2, 0) is 13.1 Å². The van der Waals surface area contributed by atoms with Crippen LogP contribution in [-0.4, -0.2) is 41.5 Å². The van der Waals surface area contributed by atoms with E-state index in [1.165, 1.54) is 28.4 Å². The number of carboxylic acid groups (broad SMARTS) is 1. The van der Waals surface area contributed by atoms with Gasteiger partial charge in [0.25, 0.3) is 11.5 Å². The van der Waals surface area contributed by atoms with Gasteiger partial charge in [-0.2, -0.15) is 9.78 Å². The van der Waals surface area contributed by atoms with Crippen molar-refractivity contribution in [2.75, 3.05) is 5.32 Å². The summed E-state index contributed by atoms with van der Waals surface area (Å²) in [6.45, 7) is 5.28. The Bertz CT molecular complexity index is 1550. The molecule has 0 bridgehead atoms. The lowest BCUT2D eigenvalue weighted by molar-refractivity contribution is 0.0696. The maximum absolute atomic E-state index is 13.2. The number of aromatic nitrogens is 4. The molecule has 0 amide bonds. The standard InChI is InChI=1S/C24H22ClN5O5S2/c1-24(2,3)23(35)30-20(26-9-14-4-5-19(25)37-14)7-17(28-30)16-10-29(21(32)6-15(16)22(33)34)11-18(31)13-8-27-36-12-13/h4-8,10,12,26H,9,11H2,1-3H3,(H,33,34). The number of hydrogen-bond donors (Lipinski definition) is 2. The molecule has 2 N–H and O–H groups in total. The molecule has 0 atom stereocenters. The monoisotopic (exact) mass is 559 g/mol. The normalized spacial score (nSPS) is 11.5. The lowest BCUT2D eigenvalue weighted by atomic mass is 9.96. The fraction of sp³-hybridized carbons (Fsp3) is 0.250. The average molecular weight is 560 g/mol. The number of nitrogens with zero attached hydrogens (tertiary/aromatic N) is 4. The number of rotatable bonds is 8. The van der Waals surface area contributed by atoms with E-state index in [1.54, 1.807) is 38.3 Å². The summed E-state index contributed by atoms with van der Waals surface area (Å²) in [5, 5.41) is 18.9. The van der Waals surface area contributed by atoms with Crippen molar-refractivity contribution in [3.8, 4) is 11.3 Å². The highest BCUT2D eigenvalue weighted by atomic mass is 35.5. The number of carbonyl (C=O) groups is 3. The van der Waals surface area contributed by atoms with Gasteiger partial charge < -0.3 is 15.0 Å². The summed E-state index contributed by atoms with van der Waals surface area (Å²) in [4.78, 5) is 51.3. The van der Waals surface area contributed by atoms with Gasteiger partial charge in [-0.15, -0.1) is 11.3 Å². The molecule has 0 aliphatic rings. The molecule has 0 fully saturated rings. The number of hydrogen-bond acceptors (Lipinski definition) is 9. The van der Waals surface area contributed by atoms with Crippen LogP contribution in [0.4, 0.5) is 5.82 Å². The predicted octanol–water partition coefficient (Wildman–Crippen LogP) is 4.76. The molecule has 4 aromatic rings. The molecule has 4 aromatic heterocycles. The number of aromatic carboxylic acids is 1. The third-order valence-corrected chi connectivity index (χ3v) is 7.13. The molecule has 0 radical (unpaired) electrons. The molecule has 37 heavy (non-hydrogen) atoms. The van der Waals surface area contributed by atoms with Gasteiger partial charge >= 0.3 is 5.97 Å². The van der Waals surface area contributed by atoms with Crippen molar-refractivity contribution in [2.24, 2.45) is 5.41 Å². The van der Waals surface area contributed by atoms with E-state index in [1.807, 2.05) is 6.07 Å². The summed E-state index contributed by atoms with van der Waals surface area (Å²) < 4.78 is 6.83. The van der Waals surface area contributed by atoms with Crippen molar-refractivity contribution >= 4 is 57.9 Å². The largest absolute Gasteiger partial charge is 0.478 e. The van der Waals surface area contributed by atoms with Gasteiger partial charge in [0.1, 0.15) is 5.82 Å². The molecule has 0 spiro atoms. The predicted molar refractivity (Wildman–Crippen MR) is 142 cm³/mol. The number of carbonyl (C=O) groups excluding carboxylic acids is 2. The Hall–Kier alpha value is -3.61. The van der Waals surface area contributed by atoms with E-state index >= 15 is 0 Å². The van der Waals surface area contributed by atoms with Crippen LogP contribution in [0.15, 0.2) is 46.8 Å². The van der Waals surface area contributed by atoms with Crippen molar-refractivity contribution in [2.45, 2.75) is 33.9 Å². The number of ketones is 1. The molecule has 0 aliphatic carbocycles. The molecular formula is C24H22ClN5O5S2. The molecule has 4 rings (SSSR count). The van der Waals surface area contributed by atoms with Crippen LogP contribution in [0, 0.1) is 5.41 Å². The van der Waals surface area contributed by atoms with E-state index in [2.05, 4.69) is 14.8 Å². The zero-order valence-electron chi connectivity index (χ0n) is 20.0. The lowest BCUT2D eigenvalue weighted by Gasteiger charge is -2.18. The average Bonchev–Trinajstić information content (AvgIpc) is 3.58. The molecule has 0 aromatic carbocycles. The summed E-state index contributed by atoms with van der Waals surface area (Å²) in [5.74, 6) is -1.67. The van der Waals surface area contributed by atoms with Gasteiger partial charge in [-0.05, 0) is 23.7 Å². The van der Waals surface area contributed by atoms with Gasteiger partial charge in [0, 0.05) is 39.6 Å². The van der Waals surface area contributed by atoms with E-state index in [4.69, 9.17) is 11.6 Å². The van der Waals surface area contributed by atoms with E-state index in [0.29, 0.717) is 22.3 Å². The van der Waals surface area contributed by atoms with Crippen LogP contribution in [0.2, 0.25) is 4.34 Å². The molecule has 0 saturated heterocycles. The minimum atomic E-state index is -1.34. The molecule has 0 unspecified atom stereocenters.